The van der Waals surface area contributed by atoms with Crippen LogP contribution in [0.2, 0.25) is 0 Å². The van der Waals surface area contributed by atoms with Crippen molar-refractivity contribution in [2.45, 2.75) is 32.0 Å². The van der Waals surface area contributed by atoms with Gasteiger partial charge in [-0.2, -0.15) is 0 Å². The molecule has 2 N–H and O–H groups in total. The highest BCUT2D eigenvalue weighted by Gasteiger charge is 2.27. The molecule has 1 fully saturated rings. The second kappa shape index (κ2) is 7.93. The predicted molar refractivity (Wildman–Crippen MR) is 94.4 cm³/mol. The van der Waals surface area contributed by atoms with Crippen LogP contribution in [0.1, 0.15) is 30.5 Å². The number of benzene rings is 1. The van der Waals surface area contributed by atoms with E-state index < -0.39 is 0 Å². The lowest BCUT2D eigenvalue weighted by atomic mass is 10.1. The number of likely N-dealkylation sites (tertiary alicyclic amines) is 1. The molecule has 2 aromatic rings. The number of pyridine rings is 1. The lowest BCUT2D eigenvalue weighted by Crippen LogP contribution is -2.43. The molecule has 2 amide bonds. The highest BCUT2D eigenvalue weighted by molar-refractivity contribution is 5.74. The number of hydrogen-bond donors (Lipinski definition) is 2. The Kier molecular flexibility index (Phi) is 5.43. The molecule has 1 aromatic heterocycles. The zero-order valence-corrected chi connectivity index (χ0v) is 14.0. The van der Waals surface area contributed by atoms with E-state index in [0.29, 0.717) is 12.6 Å². The summed E-state index contributed by atoms with van der Waals surface area (Å²) < 4.78 is 0. The van der Waals surface area contributed by atoms with Gasteiger partial charge in [0.05, 0.1) is 0 Å². The first kappa shape index (κ1) is 16.5. The Morgan fingerprint density at radius 3 is 2.88 bits per heavy atom. The minimum atomic E-state index is -0.113. The van der Waals surface area contributed by atoms with E-state index in [4.69, 9.17) is 0 Å². The van der Waals surface area contributed by atoms with Gasteiger partial charge in [-0.05, 0) is 30.5 Å². The molecule has 2 atom stereocenters. The number of amides is 2. The van der Waals surface area contributed by atoms with E-state index in [-0.39, 0.29) is 12.1 Å². The summed E-state index contributed by atoms with van der Waals surface area (Å²) in [6, 6.07) is 14.8. The third-order valence-corrected chi connectivity index (χ3v) is 4.56. The number of hydrogen-bond acceptors (Lipinski definition) is 3. The van der Waals surface area contributed by atoms with Gasteiger partial charge in [0.15, 0.2) is 0 Å². The summed E-state index contributed by atoms with van der Waals surface area (Å²) in [6.45, 7) is 4.61. The lowest BCUT2D eigenvalue weighted by Gasteiger charge is -2.24. The Hall–Kier alpha value is -2.40. The lowest BCUT2D eigenvalue weighted by molar-refractivity contribution is 0.231. The van der Waals surface area contributed by atoms with Crippen LogP contribution in [0, 0.1) is 0 Å². The Balaban J connectivity index is 1.45. The first-order chi connectivity index (χ1) is 11.7. The van der Waals surface area contributed by atoms with Crippen molar-refractivity contribution in [2.24, 2.45) is 0 Å². The Morgan fingerprint density at radius 1 is 1.29 bits per heavy atom. The van der Waals surface area contributed by atoms with Crippen LogP contribution < -0.4 is 10.6 Å². The van der Waals surface area contributed by atoms with E-state index in [1.165, 1.54) is 5.56 Å². The van der Waals surface area contributed by atoms with Gasteiger partial charge in [-0.3, -0.25) is 9.88 Å². The fraction of sp³-hybridized carbons (Fsp3) is 0.368. The zero-order valence-electron chi connectivity index (χ0n) is 14.0. The molecule has 5 heteroatoms. The van der Waals surface area contributed by atoms with Crippen molar-refractivity contribution in [1.29, 1.82) is 0 Å². The van der Waals surface area contributed by atoms with Gasteiger partial charge < -0.3 is 10.6 Å². The summed E-state index contributed by atoms with van der Waals surface area (Å²) in [5, 5.41) is 5.97. The van der Waals surface area contributed by atoms with Gasteiger partial charge in [0.1, 0.15) is 0 Å². The molecule has 5 nitrogen and oxygen atoms in total. The van der Waals surface area contributed by atoms with Gasteiger partial charge in [0.2, 0.25) is 0 Å². The van der Waals surface area contributed by atoms with Gasteiger partial charge in [0, 0.05) is 44.1 Å². The number of urea groups is 1. The van der Waals surface area contributed by atoms with Crippen molar-refractivity contribution in [3.05, 3.63) is 66.0 Å². The van der Waals surface area contributed by atoms with E-state index in [2.05, 4.69) is 51.7 Å². The van der Waals surface area contributed by atoms with Gasteiger partial charge in [-0.1, -0.05) is 36.4 Å². The summed E-state index contributed by atoms with van der Waals surface area (Å²) >= 11 is 0. The monoisotopic (exact) mass is 324 g/mol. The molecule has 24 heavy (non-hydrogen) atoms. The van der Waals surface area contributed by atoms with Crippen molar-refractivity contribution in [3.63, 3.8) is 0 Å². The van der Waals surface area contributed by atoms with Crippen molar-refractivity contribution in [1.82, 2.24) is 20.5 Å². The maximum atomic E-state index is 12.1. The summed E-state index contributed by atoms with van der Waals surface area (Å²) in [5.41, 5.74) is 2.32. The topological polar surface area (TPSA) is 57.3 Å². The molecule has 0 spiro atoms. The van der Waals surface area contributed by atoms with Crippen molar-refractivity contribution in [2.75, 3.05) is 13.1 Å². The van der Waals surface area contributed by atoms with Crippen LogP contribution >= 0.6 is 0 Å². The molecule has 126 valence electrons. The van der Waals surface area contributed by atoms with Crippen LogP contribution in [0.4, 0.5) is 4.79 Å². The minimum Gasteiger partial charge on any atom is -0.334 e. The fourth-order valence-electron chi connectivity index (χ4n) is 3.12. The van der Waals surface area contributed by atoms with Crippen LogP contribution in [0.5, 0.6) is 0 Å². The summed E-state index contributed by atoms with van der Waals surface area (Å²) in [7, 11) is 0. The first-order valence-corrected chi connectivity index (χ1v) is 8.44. The van der Waals surface area contributed by atoms with Crippen LogP contribution in [0.3, 0.4) is 0 Å². The maximum absolute atomic E-state index is 12.1. The smallest absolute Gasteiger partial charge is 0.315 e. The molecule has 2 heterocycles. The third-order valence-electron chi connectivity index (χ3n) is 4.56. The molecule has 2 unspecified atom stereocenters. The van der Waals surface area contributed by atoms with E-state index in [1.807, 2.05) is 18.2 Å². The van der Waals surface area contributed by atoms with Crippen LogP contribution in [0.25, 0.3) is 0 Å². The molecule has 1 saturated heterocycles. The highest BCUT2D eigenvalue weighted by Crippen LogP contribution is 2.24. The van der Waals surface area contributed by atoms with Gasteiger partial charge in [-0.15, -0.1) is 0 Å². The standard InChI is InChI=1S/C19H24N4O/c1-15(17-7-3-2-4-8-17)23-11-9-18(14-23)22-19(24)21-13-16-6-5-10-20-12-16/h2-8,10,12,15,18H,9,11,13-14H2,1H3,(H2,21,22,24). The molecular formula is C19H24N4O. The SMILES string of the molecule is CC(c1ccccc1)N1CCC(NC(=O)NCc2cccnc2)C1. The molecule has 0 aliphatic carbocycles. The Morgan fingerprint density at radius 2 is 2.12 bits per heavy atom. The number of nitrogens with one attached hydrogen (secondary N) is 2. The summed E-state index contributed by atoms with van der Waals surface area (Å²) in [5.74, 6) is 0. The minimum absolute atomic E-state index is 0.113. The molecular weight excluding hydrogens is 300 g/mol. The average molecular weight is 324 g/mol. The normalized spacial score (nSPS) is 19.0. The fourth-order valence-corrected chi connectivity index (χ4v) is 3.12. The number of carbonyl (C=O) groups excluding carboxylic acids is 1. The van der Waals surface area contributed by atoms with Gasteiger partial charge in [-0.25, -0.2) is 4.79 Å². The first-order valence-electron chi connectivity index (χ1n) is 8.44. The number of carbonyl (C=O) groups is 1. The van der Waals surface area contributed by atoms with E-state index >= 15 is 0 Å². The van der Waals surface area contributed by atoms with Gasteiger partial charge in [0.25, 0.3) is 0 Å². The Labute approximate surface area is 143 Å². The number of nitrogens with zero attached hydrogens (tertiary/aromatic N) is 2. The van der Waals surface area contributed by atoms with E-state index in [9.17, 15) is 4.79 Å². The van der Waals surface area contributed by atoms with Crippen molar-refractivity contribution < 1.29 is 4.79 Å². The second-order valence-corrected chi connectivity index (χ2v) is 6.26. The molecule has 1 aliphatic rings. The molecule has 1 aliphatic heterocycles. The molecule has 0 saturated carbocycles. The zero-order chi connectivity index (χ0) is 16.8. The van der Waals surface area contributed by atoms with E-state index in [1.54, 1.807) is 12.4 Å². The third kappa shape index (κ3) is 4.32. The van der Waals surface area contributed by atoms with Crippen LogP contribution in [-0.4, -0.2) is 35.0 Å². The second-order valence-electron chi connectivity index (χ2n) is 6.26. The molecule has 0 bridgehead atoms. The van der Waals surface area contributed by atoms with Crippen molar-refractivity contribution >= 4 is 6.03 Å². The van der Waals surface area contributed by atoms with Crippen LogP contribution in [0.15, 0.2) is 54.9 Å². The molecule has 0 radical (unpaired) electrons. The maximum Gasteiger partial charge on any atom is 0.315 e. The summed E-state index contributed by atoms with van der Waals surface area (Å²) in [6.07, 6.45) is 4.47. The number of rotatable bonds is 5. The predicted octanol–water partition coefficient (Wildman–Crippen LogP) is 2.72. The van der Waals surface area contributed by atoms with Crippen molar-refractivity contribution in [3.8, 4) is 0 Å². The van der Waals surface area contributed by atoms with E-state index in [0.717, 1.165) is 25.1 Å². The highest BCUT2D eigenvalue weighted by atomic mass is 16.2. The number of aromatic nitrogens is 1. The molecule has 3 rings (SSSR count). The van der Waals surface area contributed by atoms with Gasteiger partial charge >= 0.3 is 6.03 Å². The quantitative estimate of drug-likeness (QED) is 0.889. The Bertz CT molecular complexity index is 647. The van der Waals surface area contributed by atoms with Crippen LogP contribution in [-0.2, 0) is 6.54 Å². The average Bonchev–Trinajstić information content (AvgIpc) is 3.09. The molecule has 1 aromatic carbocycles. The largest absolute Gasteiger partial charge is 0.334 e. The summed E-state index contributed by atoms with van der Waals surface area (Å²) in [4.78, 5) is 18.5.